The molecule has 0 aromatic heterocycles. The third-order valence-electron chi connectivity index (χ3n) is 2.61. The van der Waals surface area contributed by atoms with Crippen LogP contribution < -0.4 is 5.32 Å². The van der Waals surface area contributed by atoms with Crippen LogP contribution in [0, 0.1) is 15.9 Å². The van der Waals surface area contributed by atoms with Gasteiger partial charge in [0.05, 0.1) is 16.2 Å². The molecule has 2 aromatic carbocycles. The molecule has 2 rings (SSSR count). The number of amides is 1. The number of rotatable bonds is 3. The highest BCUT2D eigenvalue weighted by molar-refractivity contribution is 9.11. The fourth-order valence-corrected chi connectivity index (χ4v) is 2.80. The van der Waals surface area contributed by atoms with Gasteiger partial charge in [-0.15, -0.1) is 0 Å². The van der Waals surface area contributed by atoms with Crippen molar-refractivity contribution < 1.29 is 14.1 Å². The van der Waals surface area contributed by atoms with Gasteiger partial charge in [-0.1, -0.05) is 6.07 Å². The van der Waals surface area contributed by atoms with Gasteiger partial charge in [-0.25, -0.2) is 4.39 Å². The molecule has 0 spiro atoms. The number of anilines is 1. The maximum Gasteiger partial charge on any atom is 0.270 e. The van der Waals surface area contributed by atoms with Crippen molar-refractivity contribution in [3.63, 3.8) is 0 Å². The average Bonchev–Trinajstić information content (AvgIpc) is 2.43. The molecule has 0 saturated heterocycles. The van der Waals surface area contributed by atoms with Crippen LogP contribution in [0.5, 0.6) is 0 Å². The second kappa shape index (κ2) is 6.31. The SMILES string of the molecule is O=C(Nc1c(Br)cccc1Br)c1cc([N+](=O)[O-])ccc1F. The van der Waals surface area contributed by atoms with E-state index in [9.17, 15) is 19.3 Å². The molecule has 0 atom stereocenters. The molecule has 0 radical (unpaired) electrons. The van der Waals surface area contributed by atoms with E-state index in [0.717, 1.165) is 18.2 Å². The monoisotopic (exact) mass is 416 g/mol. The molecule has 2 aromatic rings. The maximum absolute atomic E-state index is 13.7. The van der Waals surface area contributed by atoms with Crippen LogP contribution in [0.4, 0.5) is 15.8 Å². The quantitative estimate of drug-likeness (QED) is 0.589. The standard InChI is InChI=1S/C13H7Br2FN2O3/c14-9-2-1-3-10(15)12(9)17-13(19)8-6-7(18(20)21)4-5-11(8)16/h1-6H,(H,17,19). The van der Waals surface area contributed by atoms with Crippen LogP contribution in [-0.4, -0.2) is 10.8 Å². The summed E-state index contributed by atoms with van der Waals surface area (Å²) in [5, 5.41) is 13.2. The van der Waals surface area contributed by atoms with Crippen LogP contribution in [0.25, 0.3) is 0 Å². The Hall–Kier alpha value is -1.80. The topological polar surface area (TPSA) is 72.2 Å². The van der Waals surface area contributed by atoms with Gasteiger partial charge in [0.15, 0.2) is 0 Å². The molecule has 0 saturated carbocycles. The zero-order valence-corrected chi connectivity index (χ0v) is 13.4. The minimum atomic E-state index is -0.832. The number of carbonyl (C=O) groups excluding carboxylic acids is 1. The van der Waals surface area contributed by atoms with E-state index in [1.165, 1.54) is 0 Å². The molecule has 5 nitrogen and oxygen atoms in total. The largest absolute Gasteiger partial charge is 0.320 e. The van der Waals surface area contributed by atoms with E-state index in [1.54, 1.807) is 18.2 Å². The molecule has 21 heavy (non-hydrogen) atoms. The molecule has 0 heterocycles. The number of carbonyl (C=O) groups is 1. The summed E-state index contributed by atoms with van der Waals surface area (Å²) in [5.74, 6) is -1.61. The van der Waals surface area contributed by atoms with E-state index in [-0.39, 0.29) is 5.69 Å². The van der Waals surface area contributed by atoms with E-state index in [2.05, 4.69) is 37.2 Å². The molecule has 108 valence electrons. The van der Waals surface area contributed by atoms with Crippen molar-refractivity contribution in [1.29, 1.82) is 0 Å². The number of nitrogens with one attached hydrogen (secondary N) is 1. The highest BCUT2D eigenvalue weighted by Gasteiger charge is 2.18. The van der Waals surface area contributed by atoms with Crippen LogP contribution in [0.15, 0.2) is 45.3 Å². The zero-order chi connectivity index (χ0) is 15.6. The number of hydrogen-bond donors (Lipinski definition) is 1. The van der Waals surface area contributed by atoms with Crippen molar-refractivity contribution in [3.8, 4) is 0 Å². The normalized spacial score (nSPS) is 10.2. The molecular weight excluding hydrogens is 411 g/mol. The van der Waals surface area contributed by atoms with Crippen LogP contribution in [0.3, 0.4) is 0 Å². The number of halogens is 3. The number of nitro benzene ring substituents is 1. The summed E-state index contributed by atoms with van der Waals surface area (Å²) >= 11 is 6.52. The molecule has 1 amide bonds. The lowest BCUT2D eigenvalue weighted by Gasteiger charge is -2.10. The molecule has 8 heteroatoms. The minimum Gasteiger partial charge on any atom is -0.320 e. The van der Waals surface area contributed by atoms with Gasteiger partial charge >= 0.3 is 0 Å². The fourth-order valence-electron chi connectivity index (χ4n) is 1.60. The predicted molar refractivity (Wildman–Crippen MR) is 82.8 cm³/mol. The third-order valence-corrected chi connectivity index (χ3v) is 3.93. The Labute approximate surface area is 135 Å². The lowest BCUT2D eigenvalue weighted by Crippen LogP contribution is -2.15. The summed E-state index contributed by atoms with van der Waals surface area (Å²) in [6.07, 6.45) is 0. The Morgan fingerprint density at radius 1 is 1.19 bits per heavy atom. The van der Waals surface area contributed by atoms with E-state index < -0.39 is 22.2 Å². The molecule has 0 aliphatic heterocycles. The molecule has 0 aliphatic rings. The molecular formula is C13H7Br2FN2O3. The Morgan fingerprint density at radius 2 is 1.81 bits per heavy atom. The summed E-state index contributed by atoms with van der Waals surface area (Å²) in [6.45, 7) is 0. The number of benzene rings is 2. The van der Waals surface area contributed by atoms with Gasteiger partial charge in [0.1, 0.15) is 5.82 Å². The number of non-ortho nitro benzene ring substituents is 1. The van der Waals surface area contributed by atoms with E-state index in [0.29, 0.717) is 14.6 Å². The van der Waals surface area contributed by atoms with Gasteiger partial charge in [0.2, 0.25) is 0 Å². The fraction of sp³-hybridized carbons (Fsp3) is 0. The van der Waals surface area contributed by atoms with Crippen molar-refractivity contribution in [1.82, 2.24) is 0 Å². The highest BCUT2D eigenvalue weighted by atomic mass is 79.9. The van der Waals surface area contributed by atoms with E-state index >= 15 is 0 Å². The van der Waals surface area contributed by atoms with Gasteiger partial charge < -0.3 is 5.32 Å². The molecule has 1 N–H and O–H groups in total. The number of nitrogens with zero attached hydrogens (tertiary/aromatic N) is 1. The summed E-state index contributed by atoms with van der Waals surface area (Å²) in [5.41, 5.74) is -0.340. The van der Waals surface area contributed by atoms with E-state index in [1.807, 2.05) is 0 Å². The van der Waals surface area contributed by atoms with Gasteiger partial charge in [0, 0.05) is 21.1 Å². The molecule has 0 fully saturated rings. The number of hydrogen-bond acceptors (Lipinski definition) is 3. The molecule has 0 aliphatic carbocycles. The first kappa shape index (κ1) is 15.6. The van der Waals surface area contributed by atoms with Crippen LogP contribution in [0.2, 0.25) is 0 Å². The van der Waals surface area contributed by atoms with Gasteiger partial charge in [-0.05, 0) is 50.1 Å². The summed E-state index contributed by atoms with van der Waals surface area (Å²) < 4.78 is 14.9. The Balaban J connectivity index is 2.37. The van der Waals surface area contributed by atoms with Gasteiger partial charge in [-0.3, -0.25) is 14.9 Å². The first-order chi connectivity index (χ1) is 9.90. The van der Waals surface area contributed by atoms with Crippen molar-refractivity contribution in [3.05, 3.63) is 66.8 Å². The first-order valence-corrected chi connectivity index (χ1v) is 7.18. The Morgan fingerprint density at radius 3 is 2.38 bits per heavy atom. The van der Waals surface area contributed by atoms with Crippen molar-refractivity contribution >= 4 is 49.1 Å². The second-order valence-electron chi connectivity index (χ2n) is 3.97. The first-order valence-electron chi connectivity index (χ1n) is 5.59. The predicted octanol–water partition coefficient (Wildman–Crippen LogP) is 4.51. The Kier molecular flexibility index (Phi) is 4.69. The van der Waals surface area contributed by atoms with Crippen molar-refractivity contribution in [2.75, 3.05) is 5.32 Å². The summed E-state index contributed by atoms with van der Waals surface area (Å²) in [7, 11) is 0. The van der Waals surface area contributed by atoms with Crippen molar-refractivity contribution in [2.24, 2.45) is 0 Å². The second-order valence-corrected chi connectivity index (χ2v) is 5.68. The molecule has 0 bridgehead atoms. The van der Waals surface area contributed by atoms with Gasteiger partial charge in [0.25, 0.3) is 11.6 Å². The third kappa shape index (κ3) is 3.45. The molecule has 0 unspecified atom stereocenters. The van der Waals surface area contributed by atoms with Gasteiger partial charge in [-0.2, -0.15) is 0 Å². The summed E-state index contributed by atoms with van der Waals surface area (Å²) in [4.78, 5) is 22.1. The van der Waals surface area contributed by atoms with Crippen LogP contribution >= 0.6 is 31.9 Å². The number of nitro groups is 1. The average molecular weight is 418 g/mol. The lowest BCUT2D eigenvalue weighted by molar-refractivity contribution is -0.384. The van der Waals surface area contributed by atoms with Crippen molar-refractivity contribution in [2.45, 2.75) is 0 Å². The smallest absolute Gasteiger partial charge is 0.270 e. The van der Waals surface area contributed by atoms with Crippen LogP contribution in [0.1, 0.15) is 10.4 Å². The maximum atomic E-state index is 13.7. The lowest BCUT2D eigenvalue weighted by atomic mass is 10.1. The number of para-hydroxylation sites is 1. The zero-order valence-electron chi connectivity index (χ0n) is 10.3. The highest BCUT2D eigenvalue weighted by Crippen LogP contribution is 2.31. The van der Waals surface area contributed by atoms with E-state index in [4.69, 9.17) is 0 Å². The summed E-state index contributed by atoms with van der Waals surface area (Å²) in [6, 6.07) is 7.93. The Bertz CT molecular complexity index is 717. The minimum absolute atomic E-state index is 0.354. The van der Waals surface area contributed by atoms with Crippen LogP contribution in [-0.2, 0) is 0 Å².